The second kappa shape index (κ2) is 5.81. The molecule has 1 aromatic rings. The van der Waals surface area contributed by atoms with Gasteiger partial charge in [0.15, 0.2) is 5.79 Å². The summed E-state index contributed by atoms with van der Waals surface area (Å²) in [7, 11) is 0. The van der Waals surface area contributed by atoms with Gasteiger partial charge in [0.2, 0.25) is 0 Å². The Morgan fingerprint density at radius 1 is 1.17 bits per heavy atom. The summed E-state index contributed by atoms with van der Waals surface area (Å²) in [5.41, 5.74) is 0.921. The van der Waals surface area contributed by atoms with Crippen molar-refractivity contribution in [1.29, 1.82) is 0 Å². The van der Waals surface area contributed by atoms with E-state index in [-0.39, 0.29) is 5.82 Å². The second-order valence-corrected chi connectivity index (χ2v) is 5.24. The molecule has 0 aromatic heterocycles. The van der Waals surface area contributed by atoms with Crippen molar-refractivity contribution in [2.75, 3.05) is 13.2 Å². The third-order valence-electron chi connectivity index (χ3n) is 3.33. The average Bonchev–Trinajstić information content (AvgIpc) is 2.79. The molecule has 0 unspecified atom stereocenters. The van der Waals surface area contributed by atoms with Crippen LogP contribution in [-0.4, -0.2) is 13.2 Å². The Morgan fingerprint density at radius 2 is 1.78 bits per heavy atom. The predicted octanol–water partition coefficient (Wildman–Crippen LogP) is 3.85. The van der Waals surface area contributed by atoms with Crippen LogP contribution >= 0.6 is 0 Å². The number of benzene rings is 1. The predicted molar refractivity (Wildman–Crippen MR) is 68.7 cm³/mol. The van der Waals surface area contributed by atoms with Crippen molar-refractivity contribution >= 4 is 0 Å². The highest BCUT2D eigenvalue weighted by Gasteiger charge is 2.37. The lowest BCUT2D eigenvalue weighted by Gasteiger charge is -2.28. The molecule has 2 rings (SSSR count). The first-order valence-electron chi connectivity index (χ1n) is 6.66. The lowest BCUT2D eigenvalue weighted by atomic mass is 9.97. The molecule has 0 spiro atoms. The van der Waals surface area contributed by atoms with E-state index >= 15 is 0 Å². The van der Waals surface area contributed by atoms with E-state index in [2.05, 4.69) is 13.8 Å². The Morgan fingerprint density at radius 3 is 2.33 bits per heavy atom. The Bertz CT molecular complexity index is 367. The standard InChI is InChI=1S/C15H21FO2/c1-12(2)4-3-9-15(17-10-11-18-15)13-5-7-14(16)8-6-13/h5-8,12H,3-4,9-11H2,1-2H3. The van der Waals surface area contributed by atoms with E-state index in [1.807, 2.05) is 0 Å². The fraction of sp³-hybridized carbons (Fsp3) is 0.600. The minimum absolute atomic E-state index is 0.228. The highest BCUT2D eigenvalue weighted by Crippen LogP contribution is 2.36. The van der Waals surface area contributed by atoms with Gasteiger partial charge in [0, 0.05) is 12.0 Å². The minimum Gasteiger partial charge on any atom is -0.343 e. The van der Waals surface area contributed by atoms with Crippen molar-refractivity contribution in [3.05, 3.63) is 35.6 Å². The molecule has 1 aromatic carbocycles. The molecular weight excluding hydrogens is 231 g/mol. The zero-order valence-corrected chi connectivity index (χ0v) is 11.1. The van der Waals surface area contributed by atoms with Crippen LogP contribution in [0.2, 0.25) is 0 Å². The molecule has 0 bridgehead atoms. The number of ether oxygens (including phenoxy) is 2. The van der Waals surface area contributed by atoms with Gasteiger partial charge in [-0.1, -0.05) is 32.4 Å². The first-order valence-corrected chi connectivity index (χ1v) is 6.66. The maximum absolute atomic E-state index is 13.0. The molecule has 2 nitrogen and oxygen atoms in total. The molecule has 1 fully saturated rings. The van der Waals surface area contributed by atoms with Gasteiger partial charge in [-0.2, -0.15) is 0 Å². The number of halogens is 1. The van der Waals surface area contributed by atoms with Gasteiger partial charge in [-0.05, 0) is 24.5 Å². The van der Waals surface area contributed by atoms with Crippen LogP contribution in [0.15, 0.2) is 24.3 Å². The number of hydrogen-bond donors (Lipinski definition) is 0. The summed E-state index contributed by atoms with van der Waals surface area (Å²) in [6, 6.07) is 6.45. The van der Waals surface area contributed by atoms with Gasteiger partial charge >= 0.3 is 0 Å². The molecule has 18 heavy (non-hydrogen) atoms. The Hall–Kier alpha value is -0.930. The van der Waals surface area contributed by atoms with E-state index in [4.69, 9.17) is 9.47 Å². The van der Waals surface area contributed by atoms with Gasteiger partial charge in [0.05, 0.1) is 13.2 Å². The lowest BCUT2D eigenvalue weighted by Crippen LogP contribution is -2.27. The monoisotopic (exact) mass is 252 g/mol. The Labute approximate surface area is 108 Å². The quantitative estimate of drug-likeness (QED) is 0.792. The summed E-state index contributed by atoms with van der Waals surface area (Å²) in [6.07, 6.45) is 3.03. The van der Waals surface area contributed by atoms with Crippen LogP contribution in [0.3, 0.4) is 0 Å². The maximum Gasteiger partial charge on any atom is 0.194 e. The van der Waals surface area contributed by atoms with Crippen molar-refractivity contribution in [2.45, 2.75) is 38.9 Å². The Balaban J connectivity index is 2.08. The van der Waals surface area contributed by atoms with Gasteiger partial charge < -0.3 is 9.47 Å². The van der Waals surface area contributed by atoms with Crippen molar-refractivity contribution in [1.82, 2.24) is 0 Å². The first-order chi connectivity index (χ1) is 8.62. The zero-order valence-electron chi connectivity index (χ0n) is 11.1. The summed E-state index contributed by atoms with van der Waals surface area (Å²) in [4.78, 5) is 0. The van der Waals surface area contributed by atoms with Crippen molar-refractivity contribution in [3.63, 3.8) is 0 Å². The van der Waals surface area contributed by atoms with E-state index < -0.39 is 5.79 Å². The van der Waals surface area contributed by atoms with Gasteiger partial charge in [-0.25, -0.2) is 4.39 Å². The summed E-state index contributed by atoms with van der Waals surface area (Å²) >= 11 is 0. The normalized spacial score (nSPS) is 18.4. The van der Waals surface area contributed by atoms with Crippen LogP contribution in [0.4, 0.5) is 4.39 Å². The third kappa shape index (κ3) is 3.09. The molecule has 0 N–H and O–H groups in total. The van der Waals surface area contributed by atoms with Crippen molar-refractivity contribution in [2.24, 2.45) is 5.92 Å². The molecule has 0 amide bonds. The summed E-state index contributed by atoms with van der Waals surface area (Å²) < 4.78 is 24.6. The topological polar surface area (TPSA) is 18.5 Å². The van der Waals surface area contributed by atoms with Crippen LogP contribution < -0.4 is 0 Å². The fourth-order valence-corrected chi connectivity index (χ4v) is 2.36. The summed E-state index contributed by atoms with van der Waals surface area (Å²) in [6.45, 7) is 5.64. The van der Waals surface area contributed by atoms with E-state index in [1.54, 1.807) is 12.1 Å². The van der Waals surface area contributed by atoms with Gasteiger partial charge in [-0.15, -0.1) is 0 Å². The summed E-state index contributed by atoms with van der Waals surface area (Å²) in [5.74, 6) is -0.200. The van der Waals surface area contributed by atoms with E-state index in [1.165, 1.54) is 12.1 Å². The smallest absolute Gasteiger partial charge is 0.194 e. The van der Waals surface area contributed by atoms with E-state index in [0.29, 0.717) is 19.1 Å². The molecule has 1 heterocycles. The lowest BCUT2D eigenvalue weighted by molar-refractivity contribution is -0.172. The average molecular weight is 252 g/mol. The molecule has 1 aliphatic rings. The third-order valence-corrected chi connectivity index (χ3v) is 3.33. The second-order valence-electron chi connectivity index (χ2n) is 5.24. The van der Waals surface area contributed by atoms with Gasteiger partial charge in [-0.3, -0.25) is 0 Å². The molecule has 0 atom stereocenters. The molecule has 0 saturated carbocycles. The summed E-state index contributed by atoms with van der Waals surface area (Å²) in [5, 5.41) is 0. The van der Waals surface area contributed by atoms with Crippen LogP contribution in [0.5, 0.6) is 0 Å². The first kappa shape index (κ1) is 13.5. The maximum atomic E-state index is 13.0. The van der Waals surface area contributed by atoms with Crippen LogP contribution in [0.25, 0.3) is 0 Å². The molecule has 0 radical (unpaired) electrons. The Kier molecular flexibility index (Phi) is 4.36. The molecule has 0 aliphatic carbocycles. The van der Waals surface area contributed by atoms with Gasteiger partial charge in [0.25, 0.3) is 0 Å². The molecule has 1 saturated heterocycles. The largest absolute Gasteiger partial charge is 0.343 e. The molecule has 100 valence electrons. The van der Waals surface area contributed by atoms with Crippen LogP contribution in [0, 0.1) is 11.7 Å². The number of hydrogen-bond acceptors (Lipinski definition) is 2. The molecule has 1 aliphatic heterocycles. The molecular formula is C15H21FO2. The highest BCUT2D eigenvalue weighted by molar-refractivity contribution is 5.21. The van der Waals surface area contributed by atoms with Gasteiger partial charge in [0.1, 0.15) is 5.82 Å². The fourth-order valence-electron chi connectivity index (χ4n) is 2.36. The van der Waals surface area contributed by atoms with Crippen molar-refractivity contribution < 1.29 is 13.9 Å². The van der Waals surface area contributed by atoms with Crippen LogP contribution in [0.1, 0.15) is 38.7 Å². The number of rotatable bonds is 5. The van der Waals surface area contributed by atoms with Crippen LogP contribution in [-0.2, 0) is 15.3 Å². The highest BCUT2D eigenvalue weighted by atomic mass is 19.1. The van der Waals surface area contributed by atoms with E-state index in [0.717, 1.165) is 24.8 Å². The van der Waals surface area contributed by atoms with Crippen molar-refractivity contribution in [3.8, 4) is 0 Å². The zero-order chi connectivity index (χ0) is 13.0. The SMILES string of the molecule is CC(C)CCCC1(c2ccc(F)cc2)OCCO1. The molecule has 3 heteroatoms. The van der Waals surface area contributed by atoms with E-state index in [9.17, 15) is 4.39 Å². The minimum atomic E-state index is -0.650.